The molecular formula is C14H23BrO2S. The van der Waals surface area contributed by atoms with Crippen molar-refractivity contribution < 1.29 is 9.47 Å². The normalized spacial score (nSPS) is 10.2. The third-order valence-electron chi connectivity index (χ3n) is 2.18. The van der Waals surface area contributed by atoms with Crippen LogP contribution in [0.5, 0.6) is 0 Å². The molecule has 0 unspecified atom stereocenters. The molecule has 1 rings (SSSR count). The number of ether oxygens (including phenoxy) is 2. The SMILES string of the molecule is CCOC(CBr)OCC.Cc1ccc(S)c(C)c1. The quantitative estimate of drug-likeness (QED) is 0.489. The predicted molar refractivity (Wildman–Crippen MR) is 84.0 cm³/mol. The summed E-state index contributed by atoms with van der Waals surface area (Å²) < 4.78 is 10.3. The van der Waals surface area contributed by atoms with Gasteiger partial charge in [-0.25, -0.2) is 0 Å². The number of benzene rings is 1. The molecule has 0 saturated carbocycles. The highest BCUT2D eigenvalue weighted by Gasteiger charge is 2.02. The maximum Gasteiger partial charge on any atom is 0.167 e. The van der Waals surface area contributed by atoms with Crippen LogP contribution in [0.25, 0.3) is 0 Å². The van der Waals surface area contributed by atoms with Crippen LogP contribution in [-0.4, -0.2) is 24.8 Å². The Morgan fingerprint density at radius 2 is 1.72 bits per heavy atom. The van der Waals surface area contributed by atoms with E-state index in [1.165, 1.54) is 11.1 Å². The van der Waals surface area contributed by atoms with E-state index >= 15 is 0 Å². The first kappa shape index (κ1) is 18.0. The van der Waals surface area contributed by atoms with Crippen molar-refractivity contribution in [2.45, 2.75) is 38.9 Å². The van der Waals surface area contributed by atoms with E-state index in [2.05, 4.69) is 54.5 Å². The molecule has 0 amide bonds. The van der Waals surface area contributed by atoms with E-state index in [-0.39, 0.29) is 6.29 Å². The zero-order valence-corrected chi connectivity index (χ0v) is 14.1. The fourth-order valence-electron chi connectivity index (χ4n) is 1.31. The summed E-state index contributed by atoms with van der Waals surface area (Å²) in [7, 11) is 0. The Morgan fingerprint density at radius 3 is 2.06 bits per heavy atom. The van der Waals surface area contributed by atoms with Crippen LogP contribution >= 0.6 is 28.6 Å². The van der Waals surface area contributed by atoms with Crippen molar-refractivity contribution in [1.82, 2.24) is 0 Å². The standard InChI is InChI=1S/C8H10S.C6H13BrO2/c1-6-3-4-8(9)7(2)5-6;1-3-8-6(5-7)9-4-2/h3-5,9H,1-2H3;6H,3-5H2,1-2H3. The van der Waals surface area contributed by atoms with Crippen molar-refractivity contribution >= 4 is 28.6 Å². The fraction of sp³-hybridized carbons (Fsp3) is 0.571. The van der Waals surface area contributed by atoms with Crippen LogP contribution in [0, 0.1) is 13.8 Å². The van der Waals surface area contributed by atoms with Crippen molar-refractivity contribution in [3.63, 3.8) is 0 Å². The van der Waals surface area contributed by atoms with Gasteiger partial charge >= 0.3 is 0 Å². The molecule has 0 spiro atoms. The second-order valence-corrected chi connectivity index (χ2v) is 4.91. The molecule has 0 aliphatic heterocycles. The van der Waals surface area contributed by atoms with Gasteiger partial charge in [0.15, 0.2) is 6.29 Å². The lowest BCUT2D eigenvalue weighted by Crippen LogP contribution is -2.18. The molecule has 0 atom stereocenters. The first-order valence-corrected chi connectivity index (χ1v) is 7.67. The molecule has 0 heterocycles. The van der Waals surface area contributed by atoms with Gasteiger partial charge in [-0.3, -0.25) is 0 Å². The maximum atomic E-state index is 5.16. The average molecular weight is 335 g/mol. The van der Waals surface area contributed by atoms with Crippen LogP contribution < -0.4 is 0 Å². The van der Waals surface area contributed by atoms with Crippen LogP contribution in [0.2, 0.25) is 0 Å². The lowest BCUT2D eigenvalue weighted by Gasteiger charge is -2.12. The lowest BCUT2D eigenvalue weighted by atomic mass is 10.2. The number of thiol groups is 1. The molecule has 1 aromatic carbocycles. The molecule has 0 saturated heterocycles. The van der Waals surface area contributed by atoms with E-state index < -0.39 is 0 Å². The highest BCUT2D eigenvalue weighted by molar-refractivity contribution is 9.09. The van der Waals surface area contributed by atoms with Crippen molar-refractivity contribution in [3.05, 3.63) is 29.3 Å². The Kier molecular flexibility index (Phi) is 10.8. The summed E-state index contributed by atoms with van der Waals surface area (Å²) in [5.41, 5.74) is 2.55. The highest BCUT2D eigenvalue weighted by atomic mass is 79.9. The summed E-state index contributed by atoms with van der Waals surface area (Å²) in [5, 5.41) is 0.745. The Morgan fingerprint density at radius 1 is 1.17 bits per heavy atom. The summed E-state index contributed by atoms with van der Waals surface area (Å²) in [6, 6.07) is 6.21. The largest absolute Gasteiger partial charge is 0.352 e. The van der Waals surface area contributed by atoms with Gasteiger partial charge in [-0.15, -0.1) is 12.6 Å². The summed E-state index contributed by atoms with van der Waals surface area (Å²) in [4.78, 5) is 1.07. The van der Waals surface area contributed by atoms with Gasteiger partial charge in [0.25, 0.3) is 0 Å². The lowest BCUT2D eigenvalue weighted by molar-refractivity contribution is -0.119. The van der Waals surface area contributed by atoms with Crippen LogP contribution in [0.4, 0.5) is 0 Å². The number of aryl methyl sites for hydroxylation is 2. The third-order valence-corrected chi connectivity index (χ3v) is 3.21. The molecule has 0 aliphatic carbocycles. The first-order chi connectivity index (χ1) is 8.54. The Labute approximate surface area is 125 Å². The van der Waals surface area contributed by atoms with Crippen LogP contribution in [0.15, 0.2) is 23.1 Å². The summed E-state index contributed by atoms with van der Waals surface area (Å²) in [6.07, 6.45) is -0.0694. The second-order valence-electron chi connectivity index (χ2n) is 3.78. The predicted octanol–water partition coefficient (Wildman–Crippen LogP) is 4.37. The summed E-state index contributed by atoms with van der Waals surface area (Å²) in [5.74, 6) is 0. The molecule has 0 fully saturated rings. The van der Waals surface area contributed by atoms with Gasteiger partial charge in [0.1, 0.15) is 0 Å². The van der Waals surface area contributed by atoms with Crippen molar-refractivity contribution in [1.29, 1.82) is 0 Å². The van der Waals surface area contributed by atoms with E-state index in [1.54, 1.807) is 0 Å². The van der Waals surface area contributed by atoms with E-state index in [1.807, 2.05) is 19.9 Å². The van der Waals surface area contributed by atoms with E-state index in [0.717, 1.165) is 10.2 Å². The van der Waals surface area contributed by atoms with Gasteiger partial charge in [-0.05, 0) is 39.3 Å². The minimum atomic E-state index is -0.0694. The van der Waals surface area contributed by atoms with Crippen LogP contribution in [-0.2, 0) is 9.47 Å². The molecule has 104 valence electrons. The molecule has 0 N–H and O–H groups in total. The molecule has 4 heteroatoms. The fourth-order valence-corrected chi connectivity index (χ4v) is 1.83. The first-order valence-electron chi connectivity index (χ1n) is 6.10. The molecule has 2 nitrogen and oxygen atoms in total. The molecule has 0 radical (unpaired) electrons. The van der Waals surface area contributed by atoms with Gasteiger partial charge in [-0.2, -0.15) is 0 Å². The monoisotopic (exact) mass is 334 g/mol. The zero-order valence-electron chi connectivity index (χ0n) is 11.6. The van der Waals surface area contributed by atoms with Gasteiger partial charge < -0.3 is 9.47 Å². The minimum absolute atomic E-state index is 0.0694. The van der Waals surface area contributed by atoms with Crippen molar-refractivity contribution in [3.8, 4) is 0 Å². The Hall–Kier alpha value is -0.0300. The molecule has 0 aliphatic rings. The van der Waals surface area contributed by atoms with Crippen LogP contribution in [0.3, 0.4) is 0 Å². The molecule has 1 aromatic rings. The van der Waals surface area contributed by atoms with Gasteiger partial charge in [-0.1, -0.05) is 33.6 Å². The van der Waals surface area contributed by atoms with Crippen molar-refractivity contribution in [2.75, 3.05) is 18.5 Å². The van der Waals surface area contributed by atoms with E-state index in [9.17, 15) is 0 Å². The smallest absolute Gasteiger partial charge is 0.167 e. The van der Waals surface area contributed by atoms with Crippen molar-refractivity contribution in [2.24, 2.45) is 0 Å². The molecular weight excluding hydrogens is 312 g/mol. The van der Waals surface area contributed by atoms with Gasteiger partial charge in [0, 0.05) is 18.1 Å². The number of alkyl halides is 1. The molecule has 18 heavy (non-hydrogen) atoms. The minimum Gasteiger partial charge on any atom is -0.352 e. The van der Waals surface area contributed by atoms with Crippen LogP contribution in [0.1, 0.15) is 25.0 Å². The zero-order chi connectivity index (χ0) is 14.0. The maximum absolute atomic E-state index is 5.16. The molecule has 0 aromatic heterocycles. The topological polar surface area (TPSA) is 18.5 Å². The number of hydrogen-bond acceptors (Lipinski definition) is 3. The number of hydrogen-bond donors (Lipinski definition) is 1. The Balaban J connectivity index is 0.000000321. The van der Waals surface area contributed by atoms with E-state index in [4.69, 9.17) is 9.47 Å². The Bertz CT molecular complexity index is 326. The highest BCUT2D eigenvalue weighted by Crippen LogP contribution is 2.13. The number of halogens is 1. The molecule has 0 bridgehead atoms. The number of rotatable bonds is 5. The second kappa shape index (κ2) is 10.9. The average Bonchev–Trinajstić information content (AvgIpc) is 2.35. The summed E-state index contributed by atoms with van der Waals surface area (Å²) in [6.45, 7) is 9.46. The third kappa shape index (κ3) is 8.14. The summed E-state index contributed by atoms with van der Waals surface area (Å²) >= 11 is 7.51. The van der Waals surface area contributed by atoms with Gasteiger partial charge in [0.05, 0.1) is 5.33 Å². The van der Waals surface area contributed by atoms with E-state index in [0.29, 0.717) is 13.2 Å². The van der Waals surface area contributed by atoms with Gasteiger partial charge in [0.2, 0.25) is 0 Å².